The molecule has 4 fully saturated rings. The number of nitrogens with zero attached hydrogens (tertiary/aromatic N) is 1. The minimum atomic E-state index is -0.895. The van der Waals surface area contributed by atoms with E-state index in [0.717, 1.165) is 24.8 Å². The average molecular weight is 647 g/mol. The average Bonchev–Trinajstić information content (AvgIpc) is 3.38. The van der Waals surface area contributed by atoms with Crippen LogP contribution in [0, 0.1) is 51.2 Å². The lowest BCUT2D eigenvalue weighted by Crippen LogP contribution is -2.66. The van der Waals surface area contributed by atoms with E-state index in [1.807, 2.05) is 6.08 Å². The first-order chi connectivity index (χ1) is 22.1. The zero-order chi connectivity index (χ0) is 34.3. The van der Waals surface area contributed by atoms with E-state index in [1.54, 1.807) is 6.08 Å². The maximum Gasteiger partial charge on any atom is 0.328 e. The van der Waals surface area contributed by atoms with Crippen molar-refractivity contribution in [3.8, 4) is 0 Å². The minimum Gasteiger partial charge on any atom is -0.478 e. The van der Waals surface area contributed by atoms with Crippen molar-refractivity contribution in [3.63, 3.8) is 0 Å². The molecular formula is C43H70N2O2. The summed E-state index contributed by atoms with van der Waals surface area (Å²) >= 11 is 0. The smallest absolute Gasteiger partial charge is 0.328 e. The van der Waals surface area contributed by atoms with E-state index in [9.17, 15) is 4.79 Å². The number of hydrogen-bond donors (Lipinski definition) is 2. The van der Waals surface area contributed by atoms with Crippen LogP contribution in [-0.2, 0) is 4.79 Å². The Morgan fingerprint density at radius 1 is 1.04 bits per heavy atom. The second-order valence-corrected chi connectivity index (χ2v) is 18.6. The van der Waals surface area contributed by atoms with E-state index in [2.05, 4.69) is 84.3 Å². The number of carbonyl (C=O) groups is 1. The molecule has 1 saturated heterocycles. The predicted octanol–water partition coefficient (Wildman–Crippen LogP) is 10.2. The Morgan fingerprint density at radius 2 is 1.77 bits per heavy atom. The van der Waals surface area contributed by atoms with E-state index in [0.29, 0.717) is 28.6 Å². The molecule has 0 spiro atoms. The van der Waals surface area contributed by atoms with Crippen molar-refractivity contribution in [2.24, 2.45) is 51.2 Å². The van der Waals surface area contributed by atoms with Crippen molar-refractivity contribution in [1.82, 2.24) is 10.2 Å². The van der Waals surface area contributed by atoms with Gasteiger partial charge in [-0.15, -0.1) is 0 Å². The second kappa shape index (κ2) is 13.9. The van der Waals surface area contributed by atoms with Gasteiger partial charge in [0.15, 0.2) is 0 Å². The van der Waals surface area contributed by atoms with Crippen LogP contribution in [0.2, 0.25) is 0 Å². The van der Waals surface area contributed by atoms with Crippen molar-refractivity contribution < 1.29 is 9.90 Å². The van der Waals surface area contributed by atoms with E-state index < -0.39 is 5.97 Å². The second-order valence-electron chi connectivity index (χ2n) is 18.6. The van der Waals surface area contributed by atoms with E-state index in [4.69, 9.17) is 5.11 Å². The first-order valence-electron chi connectivity index (χ1n) is 19.5. The van der Waals surface area contributed by atoms with Gasteiger partial charge in [0.25, 0.3) is 0 Å². The SMILES string of the molecule is C=C(C)[C@@H]1CC[C@]2(NCCN3CCC(C)CC3)CC[C@]3(C)[C@H](CC[C@H]([C@@]4(C)CC=C(/C=C\C=C\C(=O)O)C(C)(C)C4)[C@@]3(C)CCC)[C@@H]12. The van der Waals surface area contributed by atoms with Crippen molar-refractivity contribution in [2.75, 3.05) is 26.2 Å². The monoisotopic (exact) mass is 647 g/mol. The number of piperidine rings is 1. The highest BCUT2D eigenvalue weighted by atomic mass is 16.4. The number of likely N-dealkylation sites (tertiary alicyclic amines) is 1. The highest BCUT2D eigenvalue weighted by molar-refractivity contribution is 5.80. The number of nitrogens with one attached hydrogen (secondary N) is 1. The molecule has 0 aromatic carbocycles. The fraction of sp³-hybridized carbons (Fsp3) is 0.791. The maximum atomic E-state index is 11.0. The molecule has 5 aliphatic rings. The number of allylic oxidation sites excluding steroid dienone is 6. The Kier molecular flexibility index (Phi) is 10.9. The number of carboxylic acids is 1. The predicted molar refractivity (Wildman–Crippen MR) is 198 cm³/mol. The standard InChI is InChI=1S/C43H70N2O2/c1-10-21-42(9)36(40(7)22-17-33(39(5,6)30-40)13-11-12-14-37(46)47)16-15-35-38-34(31(2)3)18-23-43(38,25-24-41(35,42)8)44-26-29-45-27-19-32(4)20-28-45/h11-14,17,32,34-36,38,44H,2,10,15-16,18-30H2,1,3-9H3,(H,46,47)/b13-11-,14-12+/t34-,35+,36+,38+,40-,41+,42+,43-/m0/s1. The molecule has 1 aliphatic heterocycles. The van der Waals surface area contributed by atoms with Gasteiger partial charge in [0.05, 0.1) is 0 Å². The van der Waals surface area contributed by atoms with Gasteiger partial charge in [0.2, 0.25) is 0 Å². The van der Waals surface area contributed by atoms with Crippen molar-refractivity contribution in [1.29, 1.82) is 0 Å². The van der Waals surface area contributed by atoms with Crippen LogP contribution in [-0.4, -0.2) is 47.7 Å². The van der Waals surface area contributed by atoms with Crippen LogP contribution >= 0.6 is 0 Å². The summed E-state index contributed by atoms with van der Waals surface area (Å²) in [6.45, 7) is 29.6. The summed E-state index contributed by atoms with van der Waals surface area (Å²) in [5, 5.41) is 13.4. The molecule has 4 heteroatoms. The van der Waals surface area contributed by atoms with Crippen molar-refractivity contribution in [2.45, 2.75) is 138 Å². The molecule has 0 bridgehead atoms. The van der Waals surface area contributed by atoms with Gasteiger partial charge in [0.1, 0.15) is 0 Å². The summed E-state index contributed by atoms with van der Waals surface area (Å²) < 4.78 is 0. The fourth-order valence-corrected chi connectivity index (χ4v) is 12.8. The van der Waals surface area contributed by atoms with Crippen LogP contribution in [0.3, 0.4) is 0 Å². The Hall–Kier alpha value is -1.65. The summed E-state index contributed by atoms with van der Waals surface area (Å²) in [6, 6.07) is 0. The van der Waals surface area contributed by atoms with Gasteiger partial charge in [-0.25, -0.2) is 4.79 Å². The van der Waals surface area contributed by atoms with Crippen LogP contribution in [0.5, 0.6) is 0 Å². The van der Waals surface area contributed by atoms with Gasteiger partial charge in [-0.2, -0.15) is 0 Å². The molecule has 47 heavy (non-hydrogen) atoms. The number of fused-ring (bicyclic) bond motifs is 3. The number of rotatable bonds is 11. The third-order valence-corrected chi connectivity index (χ3v) is 15.2. The van der Waals surface area contributed by atoms with Crippen molar-refractivity contribution >= 4 is 5.97 Å². The lowest BCUT2D eigenvalue weighted by atomic mass is 9.37. The molecule has 0 radical (unpaired) electrons. The molecule has 8 atom stereocenters. The van der Waals surface area contributed by atoms with Gasteiger partial charge in [-0.1, -0.05) is 91.3 Å². The molecule has 3 saturated carbocycles. The Morgan fingerprint density at radius 3 is 2.40 bits per heavy atom. The van der Waals surface area contributed by atoms with Crippen molar-refractivity contribution in [3.05, 3.63) is 48.1 Å². The molecule has 0 unspecified atom stereocenters. The topological polar surface area (TPSA) is 52.6 Å². The molecule has 0 aromatic rings. The highest BCUT2D eigenvalue weighted by Gasteiger charge is 2.67. The minimum absolute atomic E-state index is 0.0555. The number of carboxylic acid groups (broad SMARTS) is 1. The Bertz CT molecular complexity index is 1240. The van der Waals surface area contributed by atoms with E-state index in [-0.39, 0.29) is 16.4 Å². The van der Waals surface area contributed by atoms with Crippen LogP contribution < -0.4 is 5.32 Å². The Labute approximate surface area is 289 Å². The molecule has 0 aromatic heterocycles. The quantitative estimate of drug-likeness (QED) is 0.133. The summed E-state index contributed by atoms with van der Waals surface area (Å²) in [7, 11) is 0. The number of hydrogen-bond acceptors (Lipinski definition) is 3. The molecule has 4 aliphatic carbocycles. The molecule has 0 amide bonds. The van der Waals surface area contributed by atoms with Gasteiger partial charge in [-0.3, -0.25) is 0 Å². The molecule has 4 nitrogen and oxygen atoms in total. The third kappa shape index (κ3) is 6.90. The zero-order valence-corrected chi connectivity index (χ0v) is 31.6. The van der Waals surface area contributed by atoms with E-state index in [1.165, 1.54) is 107 Å². The van der Waals surface area contributed by atoms with Crippen LogP contribution in [0.15, 0.2) is 48.1 Å². The first kappa shape index (κ1) is 36.6. The summed E-state index contributed by atoms with van der Waals surface area (Å²) in [6.07, 6.45) is 25.0. The lowest BCUT2D eigenvalue weighted by molar-refractivity contribution is -0.186. The Balaban J connectivity index is 1.41. The summed E-state index contributed by atoms with van der Waals surface area (Å²) in [5.74, 6) is 2.77. The highest BCUT2D eigenvalue weighted by Crippen LogP contribution is 2.73. The van der Waals surface area contributed by atoms with Gasteiger partial charge < -0.3 is 15.3 Å². The van der Waals surface area contributed by atoms with E-state index >= 15 is 0 Å². The van der Waals surface area contributed by atoms with Gasteiger partial charge in [0, 0.05) is 24.7 Å². The van der Waals surface area contributed by atoms with Gasteiger partial charge in [-0.05, 0) is 147 Å². The van der Waals surface area contributed by atoms with Crippen LogP contribution in [0.1, 0.15) is 132 Å². The normalized spacial score (nSPS) is 41.1. The molecular weight excluding hydrogens is 576 g/mol. The van der Waals surface area contributed by atoms with Gasteiger partial charge >= 0.3 is 5.97 Å². The number of aliphatic carboxylic acids is 1. The van der Waals surface area contributed by atoms with Crippen LogP contribution in [0.25, 0.3) is 0 Å². The molecule has 2 N–H and O–H groups in total. The maximum absolute atomic E-state index is 11.0. The zero-order valence-electron chi connectivity index (χ0n) is 31.6. The largest absolute Gasteiger partial charge is 0.478 e. The fourth-order valence-electron chi connectivity index (χ4n) is 12.8. The molecule has 5 rings (SSSR count). The third-order valence-electron chi connectivity index (χ3n) is 15.2. The first-order valence-corrected chi connectivity index (χ1v) is 19.5. The summed E-state index contributed by atoms with van der Waals surface area (Å²) in [4.78, 5) is 13.7. The summed E-state index contributed by atoms with van der Waals surface area (Å²) in [5.41, 5.74) is 3.97. The lowest BCUT2D eigenvalue weighted by Gasteiger charge is -2.69. The van der Waals surface area contributed by atoms with Crippen LogP contribution in [0.4, 0.5) is 0 Å². The molecule has 264 valence electrons. The molecule has 1 heterocycles.